The number of hydrogen-bond acceptors (Lipinski definition) is 3. The van der Waals surface area contributed by atoms with Crippen molar-refractivity contribution in [3.63, 3.8) is 0 Å². The first-order valence-corrected chi connectivity index (χ1v) is 5.14. The Balaban J connectivity index is 2.76. The fourth-order valence-electron chi connectivity index (χ4n) is 1.71. The monoisotopic (exact) mass is 255 g/mol. The summed E-state index contributed by atoms with van der Waals surface area (Å²) in [5, 5.41) is 0.275. The normalized spacial score (nSPS) is 10.9. The van der Waals surface area contributed by atoms with E-state index in [-0.39, 0.29) is 10.9 Å². The molecule has 0 atom stereocenters. The van der Waals surface area contributed by atoms with Gasteiger partial charge in [0.1, 0.15) is 0 Å². The number of aromatic nitrogens is 1. The molecule has 18 heavy (non-hydrogen) atoms. The van der Waals surface area contributed by atoms with E-state index in [1.54, 1.807) is 0 Å². The molecule has 0 fully saturated rings. The first-order chi connectivity index (χ1) is 8.56. The second kappa shape index (κ2) is 4.64. The molecule has 0 bridgehead atoms. The lowest BCUT2D eigenvalue weighted by Gasteiger charge is -2.09. The Labute approximate surface area is 101 Å². The second-order valence-electron chi connectivity index (χ2n) is 3.64. The molecular formula is C12H11F2NO3. The number of ether oxygens (including phenoxy) is 2. The highest BCUT2D eigenvalue weighted by Gasteiger charge is 2.13. The quantitative estimate of drug-likeness (QED) is 0.916. The second-order valence-corrected chi connectivity index (χ2v) is 3.64. The fourth-order valence-corrected chi connectivity index (χ4v) is 1.71. The van der Waals surface area contributed by atoms with Crippen LogP contribution in [0.25, 0.3) is 10.9 Å². The standard InChI is InChI=1S/C12H11F2NO3/c1-17-10-3-6-7(5-11(10)18-2)15-8(12(13)14)4-9(6)16/h3-5,12H,1-2H3,(H,15,16). The largest absolute Gasteiger partial charge is 0.493 e. The molecule has 0 amide bonds. The average Bonchev–Trinajstić information content (AvgIpc) is 2.36. The van der Waals surface area contributed by atoms with Gasteiger partial charge in [-0.2, -0.15) is 0 Å². The number of hydrogen-bond donors (Lipinski definition) is 1. The molecule has 6 heteroatoms. The summed E-state index contributed by atoms with van der Waals surface area (Å²) in [7, 11) is 2.87. The van der Waals surface area contributed by atoms with Crippen LogP contribution in [-0.2, 0) is 0 Å². The summed E-state index contributed by atoms with van der Waals surface area (Å²) in [4.78, 5) is 14.2. The Kier molecular flexibility index (Phi) is 3.18. The van der Waals surface area contributed by atoms with Crippen LogP contribution in [0.5, 0.6) is 11.5 Å². The molecule has 1 aromatic carbocycles. The van der Waals surface area contributed by atoms with Crippen molar-refractivity contribution in [3.05, 3.63) is 34.1 Å². The molecule has 0 aliphatic heterocycles. The van der Waals surface area contributed by atoms with Crippen LogP contribution in [0.2, 0.25) is 0 Å². The Morgan fingerprint density at radius 1 is 1.11 bits per heavy atom. The summed E-state index contributed by atoms with van der Waals surface area (Å²) in [6.45, 7) is 0. The molecule has 2 aromatic rings. The summed E-state index contributed by atoms with van der Waals surface area (Å²) in [6, 6.07) is 3.81. The summed E-state index contributed by atoms with van der Waals surface area (Å²) >= 11 is 0. The molecule has 1 aromatic heterocycles. The van der Waals surface area contributed by atoms with E-state index in [0.717, 1.165) is 6.07 Å². The zero-order chi connectivity index (χ0) is 13.3. The van der Waals surface area contributed by atoms with E-state index in [9.17, 15) is 13.6 Å². The number of H-pyrrole nitrogens is 1. The number of pyridine rings is 1. The molecule has 0 saturated heterocycles. The van der Waals surface area contributed by atoms with E-state index in [2.05, 4.69) is 4.98 Å². The highest BCUT2D eigenvalue weighted by Crippen LogP contribution is 2.30. The molecular weight excluding hydrogens is 244 g/mol. The number of halogens is 2. The van der Waals surface area contributed by atoms with E-state index in [4.69, 9.17) is 9.47 Å². The smallest absolute Gasteiger partial charge is 0.278 e. The van der Waals surface area contributed by atoms with Crippen LogP contribution in [0, 0.1) is 0 Å². The Morgan fingerprint density at radius 2 is 1.72 bits per heavy atom. The van der Waals surface area contributed by atoms with Crippen molar-refractivity contribution >= 4 is 10.9 Å². The van der Waals surface area contributed by atoms with Crippen LogP contribution in [-0.4, -0.2) is 19.2 Å². The minimum absolute atomic E-state index is 0.275. The molecule has 0 unspecified atom stereocenters. The zero-order valence-electron chi connectivity index (χ0n) is 9.79. The fraction of sp³-hybridized carbons (Fsp3) is 0.250. The Hall–Kier alpha value is -2.11. The van der Waals surface area contributed by atoms with Crippen LogP contribution >= 0.6 is 0 Å². The average molecular weight is 255 g/mol. The molecule has 0 saturated carbocycles. The van der Waals surface area contributed by atoms with E-state index in [1.165, 1.54) is 26.4 Å². The first kappa shape index (κ1) is 12.3. The third-order valence-electron chi connectivity index (χ3n) is 2.59. The van der Waals surface area contributed by atoms with Gasteiger partial charge in [0.15, 0.2) is 16.9 Å². The SMILES string of the molecule is COc1cc2[nH]c(C(F)F)cc(=O)c2cc1OC. The van der Waals surface area contributed by atoms with Crippen LogP contribution in [0.15, 0.2) is 23.0 Å². The lowest BCUT2D eigenvalue weighted by Crippen LogP contribution is -2.06. The van der Waals surface area contributed by atoms with Gasteiger partial charge in [-0.05, 0) is 6.07 Å². The molecule has 0 aliphatic carbocycles. The molecule has 4 nitrogen and oxygen atoms in total. The molecule has 0 radical (unpaired) electrons. The number of methoxy groups -OCH3 is 2. The van der Waals surface area contributed by atoms with Crippen LogP contribution in [0.1, 0.15) is 12.1 Å². The molecule has 0 spiro atoms. The summed E-state index contributed by atoms with van der Waals surface area (Å²) < 4.78 is 35.3. The topological polar surface area (TPSA) is 51.3 Å². The third kappa shape index (κ3) is 2.01. The predicted molar refractivity (Wildman–Crippen MR) is 62.6 cm³/mol. The molecule has 96 valence electrons. The van der Waals surface area contributed by atoms with Gasteiger partial charge in [-0.15, -0.1) is 0 Å². The number of nitrogens with one attached hydrogen (secondary N) is 1. The summed E-state index contributed by atoms with van der Waals surface area (Å²) in [5.74, 6) is 0.743. The molecule has 0 aliphatic rings. The van der Waals surface area contributed by atoms with Crippen molar-refractivity contribution in [1.82, 2.24) is 4.98 Å². The number of rotatable bonds is 3. The number of aromatic amines is 1. The number of fused-ring (bicyclic) bond motifs is 1. The highest BCUT2D eigenvalue weighted by molar-refractivity contribution is 5.82. The summed E-state index contributed by atoms with van der Waals surface area (Å²) in [6.07, 6.45) is -2.73. The van der Waals surface area contributed by atoms with E-state index in [1.807, 2.05) is 0 Å². The van der Waals surface area contributed by atoms with Crippen molar-refractivity contribution in [2.75, 3.05) is 14.2 Å². The van der Waals surface area contributed by atoms with Crippen LogP contribution in [0.3, 0.4) is 0 Å². The van der Waals surface area contributed by atoms with Gasteiger partial charge in [-0.1, -0.05) is 0 Å². The van der Waals surface area contributed by atoms with Gasteiger partial charge in [0.05, 0.1) is 25.4 Å². The van der Waals surface area contributed by atoms with Crippen LogP contribution < -0.4 is 14.9 Å². The van der Waals surface area contributed by atoms with Crippen molar-refractivity contribution < 1.29 is 18.3 Å². The predicted octanol–water partition coefficient (Wildman–Crippen LogP) is 2.48. The third-order valence-corrected chi connectivity index (χ3v) is 2.59. The maximum absolute atomic E-state index is 12.6. The Bertz CT molecular complexity index is 637. The number of benzene rings is 1. The van der Waals surface area contributed by atoms with Gasteiger partial charge >= 0.3 is 0 Å². The van der Waals surface area contributed by atoms with Gasteiger partial charge in [0, 0.05) is 17.5 Å². The minimum Gasteiger partial charge on any atom is -0.493 e. The van der Waals surface area contributed by atoms with Gasteiger partial charge < -0.3 is 14.5 Å². The van der Waals surface area contributed by atoms with E-state index in [0.29, 0.717) is 11.5 Å². The van der Waals surface area contributed by atoms with E-state index >= 15 is 0 Å². The maximum Gasteiger partial charge on any atom is 0.278 e. The minimum atomic E-state index is -2.73. The van der Waals surface area contributed by atoms with Crippen molar-refractivity contribution in [2.24, 2.45) is 0 Å². The van der Waals surface area contributed by atoms with Crippen molar-refractivity contribution in [2.45, 2.75) is 6.43 Å². The molecule has 2 rings (SSSR count). The van der Waals surface area contributed by atoms with Gasteiger partial charge in [0.25, 0.3) is 6.43 Å². The van der Waals surface area contributed by atoms with Crippen molar-refractivity contribution in [1.29, 1.82) is 0 Å². The molecule has 1 heterocycles. The Morgan fingerprint density at radius 3 is 2.28 bits per heavy atom. The highest BCUT2D eigenvalue weighted by atomic mass is 19.3. The maximum atomic E-state index is 12.6. The van der Waals surface area contributed by atoms with Gasteiger partial charge in [0.2, 0.25) is 0 Å². The first-order valence-electron chi connectivity index (χ1n) is 5.14. The lowest BCUT2D eigenvalue weighted by atomic mass is 10.1. The lowest BCUT2D eigenvalue weighted by molar-refractivity contribution is 0.146. The molecule has 1 N–H and O–H groups in total. The van der Waals surface area contributed by atoms with Gasteiger partial charge in [-0.25, -0.2) is 8.78 Å². The zero-order valence-corrected chi connectivity index (χ0v) is 9.79. The summed E-state index contributed by atoms with van der Waals surface area (Å²) in [5.41, 5.74) is -0.616. The van der Waals surface area contributed by atoms with E-state index < -0.39 is 17.5 Å². The van der Waals surface area contributed by atoms with Crippen LogP contribution in [0.4, 0.5) is 8.78 Å². The number of alkyl halides is 2. The van der Waals surface area contributed by atoms with Crippen molar-refractivity contribution in [3.8, 4) is 11.5 Å². The van der Waals surface area contributed by atoms with Gasteiger partial charge in [-0.3, -0.25) is 4.79 Å².